The highest BCUT2D eigenvalue weighted by atomic mass is 16.5. The number of hydrogen-bond donors (Lipinski definition) is 2. The Morgan fingerprint density at radius 3 is 2.36 bits per heavy atom. The van der Waals surface area contributed by atoms with Gasteiger partial charge in [0, 0.05) is 17.7 Å². The first-order valence-electron chi connectivity index (χ1n) is 9.28. The van der Waals surface area contributed by atoms with Gasteiger partial charge in [-0.25, -0.2) is 0 Å². The number of rotatable bonds is 9. The standard InChI is InChI=1S/C22H24N2O4/c1-27-19-9-11-20(12-10-19)28-15-14-23-21(25)13-4-16-2-5-17(6-3-16)22(26)24-18-7-8-18/h2-6,9-13,18H,7-8,14-15H2,1H3,(H,23,25)(H,24,26)/b13-4+. The molecule has 0 unspecified atom stereocenters. The van der Waals surface area contributed by atoms with Gasteiger partial charge < -0.3 is 20.1 Å². The van der Waals surface area contributed by atoms with Crippen molar-refractivity contribution in [1.82, 2.24) is 10.6 Å². The van der Waals surface area contributed by atoms with Crippen LogP contribution >= 0.6 is 0 Å². The smallest absolute Gasteiger partial charge is 0.251 e. The lowest BCUT2D eigenvalue weighted by molar-refractivity contribution is -0.116. The number of carbonyl (C=O) groups excluding carboxylic acids is 2. The summed E-state index contributed by atoms with van der Waals surface area (Å²) in [6.45, 7) is 0.770. The Bertz CT molecular complexity index is 825. The number of amides is 2. The van der Waals surface area contributed by atoms with E-state index in [0.29, 0.717) is 24.8 Å². The molecule has 1 saturated carbocycles. The van der Waals surface area contributed by atoms with Gasteiger partial charge in [-0.1, -0.05) is 12.1 Å². The van der Waals surface area contributed by atoms with Crippen LogP contribution in [0.4, 0.5) is 0 Å². The molecule has 28 heavy (non-hydrogen) atoms. The number of hydrogen-bond acceptors (Lipinski definition) is 4. The van der Waals surface area contributed by atoms with Gasteiger partial charge in [0.15, 0.2) is 0 Å². The van der Waals surface area contributed by atoms with Crippen LogP contribution in [0.15, 0.2) is 54.6 Å². The fourth-order valence-electron chi connectivity index (χ4n) is 2.49. The molecule has 0 aromatic heterocycles. The van der Waals surface area contributed by atoms with E-state index in [1.807, 2.05) is 36.4 Å². The van der Waals surface area contributed by atoms with Crippen LogP contribution in [0.25, 0.3) is 6.08 Å². The second-order valence-electron chi connectivity index (χ2n) is 6.52. The zero-order valence-electron chi connectivity index (χ0n) is 15.8. The number of benzene rings is 2. The second-order valence-corrected chi connectivity index (χ2v) is 6.52. The van der Waals surface area contributed by atoms with Crippen LogP contribution in [0.3, 0.4) is 0 Å². The molecule has 0 spiro atoms. The van der Waals surface area contributed by atoms with Crippen molar-refractivity contribution >= 4 is 17.9 Å². The average Bonchev–Trinajstić information content (AvgIpc) is 3.54. The first-order valence-corrected chi connectivity index (χ1v) is 9.28. The predicted octanol–water partition coefficient (Wildman–Crippen LogP) is 2.80. The summed E-state index contributed by atoms with van der Waals surface area (Å²) < 4.78 is 10.6. The van der Waals surface area contributed by atoms with E-state index in [0.717, 1.165) is 29.9 Å². The van der Waals surface area contributed by atoms with E-state index in [1.165, 1.54) is 6.08 Å². The zero-order valence-corrected chi connectivity index (χ0v) is 15.8. The van der Waals surface area contributed by atoms with Gasteiger partial charge in [0.1, 0.15) is 18.1 Å². The molecule has 0 heterocycles. The molecule has 2 aromatic carbocycles. The largest absolute Gasteiger partial charge is 0.497 e. The van der Waals surface area contributed by atoms with Crippen LogP contribution < -0.4 is 20.1 Å². The fraction of sp³-hybridized carbons (Fsp3) is 0.273. The van der Waals surface area contributed by atoms with Crippen molar-refractivity contribution in [1.29, 1.82) is 0 Å². The molecule has 0 bridgehead atoms. The lowest BCUT2D eigenvalue weighted by atomic mass is 10.1. The third-order valence-electron chi connectivity index (χ3n) is 4.24. The number of ether oxygens (including phenoxy) is 2. The van der Waals surface area contributed by atoms with Crippen molar-refractivity contribution in [2.75, 3.05) is 20.3 Å². The molecule has 2 amide bonds. The number of methoxy groups -OCH3 is 1. The summed E-state index contributed by atoms with van der Waals surface area (Å²) >= 11 is 0. The van der Waals surface area contributed by atoms with Crippen LogP contribution in [0.2, 0.25) is 0 Å². The van der Waals surface area contributed by atoms with E-state index < -0.39 is 0 Å². The molecule has 1 fully saturated rings. The molecule has 2 aromatic rings. The van der Waals surface area contributed by atoms with Gasteiger partial charge >= 0.3 is 0 Å². The molecule has 1 aliphatic rings. The third-order valence-corrected chi connectivity index (χ3v) is 4.24. The Morgan fingerprint density at radius 2 is 1.71 bits per heavy atom. The first-order chi connectivity index (χ1) is 13.6. The lowest BCUT2D eigenvalue weighted by Gasteiger charge is -2.07. The average molecular weight is 380 g/mol. The normalized spacial score (nSPS) is 13.2. The van der Waals surface area contributed by atoms with Crippen LogP contribution in [0.1, 0.15) is 28.8 Å². The molecule has 2 N–H and O–H groups in total. The SMILES string of the molecule is COc1ccc(OCCNC(=O)/C=C/c2ccc(C(=O)NC3CC3)cc2)cc1. The summed E-state index contributed by atoms with van der Waals surface area (Å²) in [5.41, 5.74) is 1.48. The maximum Gasteiger partial charge on any atom is 0.251 e. The Kier molecular flexibility index (Phi) is 6.68. The van der Waals surface area contributed by atoms with Crippen molar-refractivity contribution in [3.63, 3.8) is 0 Å². The van der Waals surface area contributed by atoms with E-state index >= 15 is 0 Å². The summed E-state index contributed by atoms with van der Waals surface area (Å²) in [6.07, 6.45) is 5.30. The van der Waals surface area contributed by atoms with Gasteiger partial charge in [0.25, 0.3) is 5.91 Å². The Labute approximate surface area is 164 Å². The minimum absolute atomic E-state index is 0.0485. The van der Waals surface area contributed by atoms with Gasteiger partial charge in [0.05, 0.1) is 13.7 Å². The van der Waals surface area contributed by atoms with Gasteiger partial charge in [-0.2, -0.15) is 0 Å². The monoisotopic (exact) mass is 380 g/mol. The van der Waals surface area contributed by atoms with Crippen molar-refractivity contribution in [2.24, 2.45) is 0 Å². The fourth-order valence-corrected chi connectivity index (χ4v) is 2.49. The molecule has 6 heteroatoms. The maximum absolute atomic E-state index is 11.9. The molecular formula is C22H24N2O4. The second kappa shape index (κ2) is 9.60. The molecular weight excluding hydrogens is 356 g/mol. The van der Waals surface area contributed by atoms with Crippen LogP contribution in [0, 0.1) is 0 Å². The van der Waals surface area contributed by atoms with Crippen LogP contribution in [-0.4, -0.2) is 38.1 Å². The molecule has 1 aliphatic carbocycles. The summed E-state index contributed by atoms with van der Waals surface area (Å²) in [6, 6.07) is 14.8. The van der Waals surface area contributed by atoms with Crippen molar-refractivity contribution in [2.45, 2.75) is 18.9 Å². The summed E-state index contributed by atoms with van der Waals surface area (Å²) in [7, 11) is 1.61. The van der Waals surface area contributed by atoms with E-state index in [2.05, 4.69) is 10.6 Å². The molecule has 0 atom stereocenters. The number of nitrogens with one attached hydrogen (secondary N) is 2. The minimum Gasteiger partial charge on any atom is -0.497 e. The lowest BCUT2D eigenvalue weighted by Crippen LogP contribution is -2.26. The summed E-state index contributed by atoms with van der Waals surface area (Å²) in [4.78, 5) is 23.8. The van der Waals surface area contributed by atoms with E-state index in [1.54, 1.807) is 25.3 Å². The highest BCUT2D eigenvalue weighted by Gasteiger charge is 2.23. The van der Waals surface area contributed by atoms with Gasteiger partial charge in [0.2, 0.25) is 5.91 Å². The number of carbonyl (C=O) groups is 2. The minimum atomic E-state index is -0.200. The first kappa shape index (κ1) is 19.5. The summed E-state index contributed by atoms with van der Waals surface area (Å²) in [5.74, 6) is 1.24. The highest BCUT2D eigenvalue weighted by molar-refractivity contribution is 5.95. The topological polar surface area (TPSA) is 76.7 Å². The Hall–Kier alpha value is -3.28. The van der Waals surface area contributed by atoms with Gasteiger partial charge in [-0.3, -0.25) is 9.59 Å². The van der Waals surface area contributed by atoms with Crippen molar-refractivity contribution in [3.05, 3.63) is 65.7 Å². The quantitative estimate of drug-likeness (QED) is 0.518. The van der Waals surface area contributed by atoms with E-state index in [9.17, 15) is 9.59 Å². The van der Waals surface area contributed by atoms with Crippen molar-refractivity contribution < 1.29 is 19.1 Å². The Balaban J connectivity index is 1.37. The molecule has 0 radical (unpaired) electrons. The zero-order chi connectivity index (χ0) is 19.8. The van der Waals surface area contributed by atoms with Gasteiger partial charge in [-0.05, 0) is 60.9 Å². The van der Waals surface area contributed by atoms with Gasteiger partial charge in [-0.15, -0.1) is 0 Å². The van der Waals surface area contributed by atoms with Crippen molar-refractivity contribution in [3.8, 4) is 11.5 Å². The third kappa shape index (κ3) is 6.16. The molecule has 0 saturated heterocycles. The molecule has 6 nitrogen and oxygen atoms in total. The maximum atomic E-state index is 11.9. The van der Waals surface area contributed by atoms with E-state index in [4.69, 9.17) is 9.47 Å². The predicted molar refractivity (Wildman–Crippen MR) is 107 cm³/mol. The van der Waals surface area contributed by atoms with E-state index in [-0.39, 0.29) is 11.8 Å². The van der Waals surface area contributed by atoms with Crippen LogP contribution in [-0.2, 0) is 4.79 Å². The highest BCUT2D eigenvalue weighted by Crippen LogP contribution is 2.19. The molecule has 146 valence electrons. The van der Waals surface area contributed by atoms with Crippen LogP contribution in [0.5, 0.6) is 11.5 Å². The molecule has 3 rings (SSSR count). The summed E-state index contributed by atoms with van der Waals surface area (Å²) in [5, 5.41) is 5.71. The molecule has 0 aliphatic heterocycles. The Morgan fingerprint density at radius 1 is 1.04 bits per heavy atom.